The number of nitrogens with zero attached hydrogens (tertiary/aromatic N) is 2. The fourth-order valence-corrected chi connectivity index (χ4v) is 3.76. The zero-order chi connectivity index (χ0) is 20.9. The molecule has 0 fully saturated rings. The number of nitrogens with one attached hydrogen (secondary N) is 2. The molecule has 0 radical (unpaired) electrons. The van der Waals surface area contributed by atoms with Crippen molar-refractivity contribution < 1.29 is 9.72 Å². The first-order valence-corrected chi connectivity index (χ1v) is 10.4. The summed E-state index contributed by atoms with van der Waals surface area (Å²) in [5.41, 5.74) is 4.55. The number of thioether (sulfide) groups is 1. The minimum absolute atomic E-state index is 0.0626. The number of amides is 1. The van der Waals surface area contributed by atoms with Gasteiger partial charge in [0.05, 0.1) is 21.7 Å². The maximum atomic E-state index is 12.2. The number of carbonyl (C=O) groups is 1. The van der Waals surface area contributed by atoms with Crippen LogP contribution in [-0.2, 0) is 10.5 Å². The Morgan fingerprint density at radius 2 is 1.77 bits per heavy atom. The predicted octanol–water partition coefficient (Wildman–Crippen LogP) is 5.01. The van der Waals surface area contributed by atoms with E-state index in [1.807, 2.05) is 48.5 Å². The molecule has 1 amide bonds. The van der Waals surface area contributed by atoms with E-state index in [1.165, 1.54) is 23.9 Å². The number of nitro groups is 1. The first-order valence-electron chi connectivity index (χ1n) is 9.24. The van der Waals surface area contributed by atoms with E-state index in [0.717, 1.165) is 33.7 Å². The zero-order valence-electron chi connectivity index (χ0n) is 15.9. The third-order valence-corrected chi connectivity index (χ3v) is 5.48. The highest BCUT2D eigenvalue weighted by Gasteiger charge is 2.08. The molecule has 0 spiro atoms. The van der Waals surface area contributed by atoms with Gasteiger partial charge < -0.3 is 10.3 Å². The Labute approximate surface area is 176 Å². The SMILES string of the molecule is O=C(CSCc1ccc([N+](=O)[O-])cc1)Nc1ccc(-c2nc3ccccc3[nH]2)cc1. The van der Waals surface area contributed by atoms with Gasteiger partial charge in [0.15, 0.2) is 0 Å². The van der Waals surface area contributed by atoms with Gasteiger partial charge >= 0.3 is 0 Å². The topological polar surface area (TPSA) is 101 Å². The summed E-state index contributed by atoms with van der Waals surface area (Å²) in [7, 11) is 0. The molecule has 0 saturated heterocycles. The summed E-state index contributed by atoms with van der Waals surface area (Å²) in [6, 6.07) is 21.7. The van der Waals surface area contributed by atoms with Gasteiger partial charge in [-0.3, -0.25) is 14.9 Å². The van der Waals surface area contributed by atoms with Gasteiger partial charge in [-0.25, -0.2) is 4.98 Å². The third kappa shape index (κ3) is 4.66. The maximum absolute atomic E-state index is 12.2. The summed E-state index contributed by atoms with van der Waals surface area (Å²) >= 11 is 1.45. The predicted molar refractivity (Wildman–Crippen MR) is 119 cm³/mol. The van der Waals surface area contributed by atoms with Gasteiger partial charge in [-0.1, -0.05) is 24.3 Å². The van der Waals surface area contributed by atoms with E-state index < -0.39 is 4.92 Å². The van der Waals surface area contributed by atoms with Crippen LogP contribution in [0.1, 0.15) is 5.56 Å². The van der Waals surface area contributed by atoms with Crippen LogP contribution in [0.2, 0.25) is 0 Å². The van der Waals surface area contributed by atoms with Crippen LogP contribution < -0.4 is 5.32 Å². The number of H-pyrrole nitrogens is 1. The third-order valence-electron chi connectivity index (χ3n) is 4.48. The van der Waals surface area contributed by atoms with E-state index in [-0.39, 0.29) is 11.6 Å². The molecule has 30 heavy (non-hydrogen) atoms. The second-order valence-corrected chi connectivity index (χ2v) is 7.63. The van der Waals surface area contributed by atoms with Gasteiger partial charge in [-0.05, 0) is 42.0 Å². The highest BCUT2D eigenvalue weighted by Crippen LogP contribution is 2.22. The van der Waals surface area contributed by atoms with Crippen LogP contribution in [-0.4, -0.2) is 26.6 Å². The summed E-state index contributed by atoms with van der Waals surface area (Å²) in [6.07, 6.45) is 0. The summed E-state index contributed by atoms with van der Waals surface area (Å²) in [5, 5.41) is 13.6. The van der Waals surface area contributed by atoms with E-state index >= 15 is 0 Å². The van der Waals surface area contributed by atoms with Crippen LogP contribution in [0.15, 0.2) is 72.8 Å². The van der Waals surface area contributed by atoms with Gasteiger partial charge in [0, 0.05) is 29.1 Å². The second-order valence-electron chi connectivity index (χ2n) is 6.64. The average Bonchev–Trinajstić information content (AvgIpc) is 3.19. The lowest BCUT2D eigenvalue weighted by atomic mass is 10.2. The lowest BCUT2D eigenvalue weighted by Gasteiger charge is -2.06. The van der Waals surface area contributed by atoms with Crippen LogP contribution in [0.5, 0.6) is 0 Å². The van der Waals surface area contributed by atoms with Crippen molar-refractivity contribution in [1.82, 2.24) is 9.97 Å². The number of non-ortho nitro benzene ring substituents is 1. The monoisotopic (exact) mass is 418 g/mol. The summed E-state index contributed by atoms with van der Waals surface area (Å²) in [6.45, 7) is 0. The Balaban J connectivity index is 1.29. The Kier molecular flexibility index (Phi) is 5.76. The highest BCUT2D eigenvalue weighted by molar-refractivity contribution is 7.99. The van der Waals surface area contributed by atoms with Gasteiger partial charge in [0.2, 0.25) is 5.91 Å². The molecule has 1 aromatic heterocycles. The Morgan fingerprint density at radius 3 is 2.47 bits per heavy atom. The molecule has 2 N–H and O–H groups in total. The van der Waals surface area contributed by atoms with Crippen molar-refractivity contribution in [3.05, 3.63) is 88.5 Å². The van der Waals surface area contributed by atoms with Crippen LogP contribution in [0.3, 0.4) is 0 Å². The van der Waals surface area contributed by atoms with Crippen molar-refractivity contribution in [2.24, 2.45) is 0 Å². The summed E-state index contributed by atoms with van der Waals surface area (Å²) < 4.78 is 0. The molecule has 8 heteroatoms. The molecule has 0 aliphatic heterocycles. The fourth-order valence-electron chi connectivity index (χ4n) is 2.97. The van der Waals surface area contributed by atoms with E-state index in [9.17, 15) is 14.9 Å². The van der Waals surface area contributed by atoms with Gasteiger partial charge in [-0.2, -0.15) is 0 Å². The minimum atomic E-state index is -0.427. The second kappa shape index (κ2) is 8.79. The summed E-state index contributed by atoms with van der Waals surface area (Å²) in [5.74, 6) is 1.59. The first kappa shape index (κ1) is 19.7. The molecule has 3 aromatic carbocycles. The number of hydrogen-bond donors (Lipinski definition) is 2. The van der Waals surface area contributed by atoms with Crippen molar-refractivity contribution in [2.75, 3.05) is 11.1 Å². The van der Waals surface area contributed by atoms with Crippen LogP contribution in [0.25, 0.3) is 22.4 Å². The Morgan fingerprint density at radius 1 is 1.03 bits per heavy atom. The normalized spacial score (nSPS) is 10.8. The van der Waals surface area contributed by atoms with Gasteiger partial charge in [0.1, 0.15) is 5.82 Å². The average molecular weight is 418 g/mol. The number of nitro benzene ring substituents is 1. The van der Waals surface area contributed by atoms with Crippen LogP contribution in [0, 0.1) is 10.1 Å². The smallest absolute Gasteiger partial charge is 0.269 e. The molecule has 1 heterocycles. The number of hydrogen-bond acceptors (Lipinski definition) is 5. The number of para-hydroxylation sites is 2. The van der Waals surface area contributed by atoms with Crippen molar-refractivity contribution in [3.63, 3.8) is 0 Å². The van der Waals surface area contributed by atoms with E-state index in [1.54, 1.807) is 12.1 Å². The Hall–Kier alpha value is -3.65. The molecule has 4 rings (SSSR count). The number of fused-ring (bicyclic) bond motifs is 1. The van der Waals surface area contributed by atoms with Crippen molar-refractivity contribution in [2.45, 2.75) is 5.75 Å². The molecule has 4 aromatic rings. The highest BCUT2D eigenvalue weighted by atomic mass is 32.2. The molecular formula is C22H18N4O3S. The van der Waals surface area contributed by atoms with Crippen molar-refractivity contribution in [1.29, 1.82) is 0 Å². The van der Waals surface area contributed by atoms with E-state index in [2.05, 4.69) is 15.3 Å². The number of benzene rings is 3. The molecule has 0 saturated carbocycles. The maximum Gasteiger partial charge on any atom is 0.269 e. The number of imidazole rings is 1. The largest absolute Gasteiger partial charge is 0.338 e. The van der Waals surface area contributed by atoms with Crippen molar-refractivity contribution in [3.8, 4) is 11.4 Å². The first-order chi connectivity index (χ1) is 14.6. The fraction of sp³-hybridized carbons (Fsp3) is 0.0909. The number of rotatable bonds is 7. The van der Waals surface area contributed by atoms with Crippen molar-refractivity contribution >= 4 is 40.1 Å². The molecular weight excluding hydrogens is 400 g/mol. The number of anilines is 1. The molecule has 150 valence electrons. The van der Waals surface area contributed by atoms with Gasteiger partial charge in [0.25, 0.3) is 5.69 Å². The molecule has 0 aliphatic carbocycles. The zero-order valence-corrected chi connectivity index (χ0v) is 16.7. The molecule has 0 atom stereocenters. The molecule has 7 nitrogen and oxygen atoms in total. The lowest BCUT2D eigenvalue weighted by Crippen LogP contribution is -2.14. The Bertz CT molecular complexity index is 1150. The van der Waals surface area contributed by atoms with E-state index in [4.69, 9.17) is 0 Å². The minimum Gasteiger partial charge on any atom is -0.338 e. The lowest BCUT2D eigenvalue weighted by molar-refractivity contribution is -0.384. The number of aromatic nitrogens is 2. The van der Waals surface area contributed by atoms with Crippen LogP contribution >= 0.6 is 11.8 Å². The van der Waals surface area contributed by atoms with Crippen LogP contribution in [0.4, 0.5) is 11.4 Å². The van der Waals surface area contributed by atoms with Gasteiger partial charge in [-0.15, -0.1) is 11.8 Å². The molecule has 0 unspecified atom stereocenters. The quantitative estimate of drug-likeness (QED) is 0.324. The number of carbonyl (C=O) groups excluding carboxylic acids is 1. The standard InChI is InChI=1S/C22H18N4O3S/c27-21(14-30-13-15-5-11-18(12-6-15)26(28)29)23-17-9-7-16(8-10-17)22-24-19-3-1-2-4-20(19)25-22/h1-12H,13-14H2,(H,23,27)(H,24,25). The molecule has 0 bridgehead atoms. The summed E-state index contributed by atoms with van der Waals surface area (Å²) in [4.78, 5) is 30.3. The van der Waals surface area contributed by atoms with E-state index in [0.29, 0.717) is 11.5 Å². The number of aromatic amines is 1. The molecule has 0 aliphatic rings.